The number of H-pyrrole nitrogens is 1. The number of amides is 1. The molecule has 0 saturated carbocycles. The largest absolute Gasteiger partial charge is 0.323 e. The normalized spacial score (nSPS) is 10.7. The van der Waals surface area contributed by atoms with Crippen molar-refractivity contribution in [1.29, 1.82) is 0 Å². The van der Waals surface area contributed by atoms with Gasteiger partial charge in [0.15, 0.2) is 0 Å². The zero-order valence-corrected chi connectivity index (χ0v) is 11.7. The Bertz CT molecular complexity index is 762. The van der Waals surface area contributed by atoms with Crippen LogP contribution in [0.4, 0.5) is 5.69 Å². The van der Waals surface area contributed by atoms with Crippen molar-refractivity contribution in [1.82, 2.24) is 15.2 Å². The molecule has 1 amide bonds. The van der Waals surface area contributed by atoms with Crippen LogP contribution < -0.4 is 5.32 Å². The molecule has 0 atom stereocenters. The van der Waals surface area contributed by atoms with Crippen LogP contribution in [0.3, 0.4) is 0 Å². The highest BCUT2D eigenvalue weighted by Gasteiger charge is 2.01. The molecule has 5 nitrogen and oxygen atoms in total. The van der Waals surface area contributed by atoms with Crippen molar-refractivity contribution in [2.75, 3.05) is 5.32 Å². The van der Waals surface area contributed by atoms with E-state index in [-0.39, 0.29) is 5.91 Å². The fourth-order valence-electron chi connectivity index (χ4n) is 1.98. The fourth-order valence-corrected chi connectivity index (χ4v) is 1.98. The Morgan fingerprint density at radius 3 is 2.64 bits per heavy atom. The third-order valence-corrected chi connectivity index (χ3v) is 3.08. The first-order valence-corrected chi connectivity index (χ1v) is 6.80. The second kappa shape index (κ2) is 6.49. The molecule has 1 aromatic carbocycles. The highest BCUT2D eigenvalue weighted by molar-refractivity contribution is 6.01. The van der Waals surface area contributed by atoms with Gasteiger partial charge in [-0.1, -0.05) is 18.2 Å². The Kier molecular flexibility index (Phi) is 4.06. The minimum absolute atomic E-state index is 0.182. The number of benzene rings is 1. The Balaban J connectivity index is 1.63. The lowest BCUT2D eigenvalue weighted by atomic mass is 10.1. The second-order valence-corrected chi connectivity index (χ2v) is 4.66. The number of hydrogen-bond acceptors (Lipinski definition) is 3. The fraction of sp³-hybridized carbons (Fsp3) is 0. The zero-order valence-electron chi connectivity index (χ0n) is 11.7. The van der Waals surface area contributed by atoms with Gasteiger partial charge in [0.2, 0.25) is 5.91 Å². The minimum atomic E-state index is -0.182. The molecular formula is C17H14N4O. The highest BCUT2D eigenvalue weighted by Crippen LogP contribution is 2.18. The molecule has 3 rings (SSSR count). The van der Waals surface area contributed by atoms with Gasteiger partial charge in [0.05, 0.1) is 5.69 Å². The SMILES string of the molecule is O=C(C=Cc1cccnc1)Nc1ccc(-c2ccn[nH]2)cc1. The monoisotopic (exact) mass is 290 g/mol. The van der Waals surface area contributed by atoms with Crippen molar-refractivity contribution in [3.8, 4) is 11.3 Å². The van der Waals surface area contributed by atoms with Crippen LogP contribution in [0.5, 0.6) is 0 Å². The number of anilines is 1. The lowest BCUT2D eigenvalue weighted by Gasteiger charge is -2.03. The van der Waals surface area contributed by atoms with Gasteiger partial charge < -0.3 is 5.32 Å². The van der Waals surface area contributed by atoms with Crippen molar-refractivity contribution in [2.45, 2.75) is 0 Å². The standard InChI is InChI=1S/C17H14N4O/c22-17(8-3-13-2-1-10-18-12-13)20-15-6-4-14(5-7-15)16-9-11-19-21-16/h1-12H,(H,19,21)(H,20,22). The maximum Gasteiger partial charge on any atom is 0.248 e. The predicted molar refractivity (Wildman–Crippen MR) is 85.9 cm³/mol. The van der Waals surface area contributed by atoms with E-state index in [1.165, 1.54) is 6.08 Å². The van der Waals surface area contributed by atoms with Crippen LogP contribution in [0.15, 0.2) is 67.1 Å². The van der Waals surface area contributed by atoms with Gasteiger partial charge in [-0.05, 0) is 41.5 Å². The maximum absolute atomic E-state index is 11.9. The summed E-state index contributed by atoms with van der Waals surface area (Å²) in [6.07, 6.45) is 8.30. The number of carbonyl (C=O) groups excluding carboxylic acids is 1. The molecule has 5 heteroatoms. The van der Waals surface area contributed by atoms with Crippen LogP contribution in [0.1, 0.15) is 5.56 Å². The number of aromatic nitrogens is 3. The summed E-state index contributed by atoms with van der Waals surface area (Å²) >= 11 is 0. The van der Waals surface area contributed by atoms with Crippen molar-refractivity contribution in [3.63, 3.8) is 0 Å². The van der Waals surface area contributed by atoms with Gasteiger partial charge in [-0.2, -0.15) is 5.10 Å². The number of nitrogens with one attached hydrogen (secondary N) is 2. The van der Waals surface area contributed by atoms with Crippen molar-refractivity contribution in [2.24, 2.45) is 0 Å². The van der Waals surface area contributed by atoms with E-state index in [0.29, 0.717) is 0 Å². The van der Waals surface area contributed by atoms with Crippen LogP contribution in [0.25, 0.3) is 17.3 Å². The molecule has 108 valence electrons. The first kappa shape index (κ1) is 13.8. The quantitative estimate of drug-likeness (QED) is 0.725. The molecule has 0 aliphatic heterocycles. The number of nitrogens with zero attached hydrogens (tertiary/aromatic N) is 2. The van der Waals surface area contributed by atoms with E-state index in [9.17, 15) is 4.79 Å². The molecule has 0 spiro atoms. The van der Waals surface area contributed by atoms with E-state index >= 15 is 0 Å². The van der Waals surface area contributed by atoms with E-state index in [4.69, 9.17) is 0 Å². The van der Waals surface area contributed by atoms with Crippen LogP contribution in [0, 0.1) is 0 Å². The van der Waals surface area contributed by atoms with E-state index in [1.807, 2.05) is 42.5 Å². The Morgan fingerprint density at radius 2 is 1.95 bits per heavy atom. The van der Waals surface area contributed by atoms with E-state index in [0.717, 1.165) is 22.5 Å². The van der Waals surface area contributed by atoms with Crippen molar-refractivity contribution >= 4 is 17.7 Å². The number of pyridine rings is 1. The predicted octanol–water partition coefficient (Wildman–Crippen LogP) is 3.12. The maximum atomic E-state index is 11.9. The Morgan fingerprint density at radius 1 is 1.09 bits per heavy atom. The summed E-state index contributed by atoms with van der Waals surface area (Å²) < 4.78 is 0. The molecule has 0 fully saturated rings. The second-order valence-electron chi connectivity index (χ2n) is 4.66. The molecule has 2 heterocycles. The molecule has 0 saturated heterocycles. The topological polar surface area (TPSA) is 70.7 Å². The first-order valence-electron chi connectivity index (χ1n) is 6.80. The summed E-state index contributed by atoms with van der Waals surface area (Å²) in [6, 6.07) is 13.2. The number of hydrogen-bond donors (Lipinski definition) is 2. The first-order chi connectivity index (χ1) is 10.8. The van der Waals surface area contributed by atoms with Crippen molar-refractivity contribution < 1.29 is 4.79 Å². The Hall–Kier alpha value is -3.21. The van der Waals surface area contributed by atoms with Crippen LogP contribution >= 0.6 is 0 Å². The smallest absolute Gasteiger partial charge is 0.248 e. The van der Waals surface area contributed by atoms with Gasteiger partial charge in [-0.15, -0.1) is 0 Å². The van der Waals surface area contributed by atoms with Crippen LogP contribution in [-0.2, 0) is 4.79 Å². The van der Waals surface area contributed by atoms with Gasteiger partial charge >= 0.3 is 0 Å². The molecule has 2 N–H and O–H groups in total. The summed E-state index contributed by atoms with van der Waals surface area (Å²) in [5.41, 5.74) is 3.58. The summed E-state index contributed by atoms with van der Waals surface area (Å²) in [7, 11) is 0. The summed E-state index contributed by atoms with van der Waals surface area (Å²) in [5.74, 6) is -0.182. The lowest BCUT2D eigenvalue weighted by Crippen LogP contribution is -2.07. The minimum Gasteiger partial charge on any atom is -0.323 e. The highest BCUT2D eigenvalue weighted by atomic mass is 16.1. The number of rotatable bonds is 4. The van der Waals surface area contributed by atoms with Crippen LogP contribution in [0.2, 0.25) is 0 Å². The lowest BCUT2D eigenvalue weighted by molar-refractivity contribution is -0.111. The van der Waals surface area contributed by atoms with Gasteiger partial charge in [-0.3, -0.25) is 14.9 Å². The molecule has 0 aliphatic rings. The molecular weight excluding hydrogens is 276 g/mol. The van der Waals surface area contributed by atoms with Gasteiger partial charge in [0.25, 0.3) is 0 Å². The Labute approximate surface area is 127 Å². The van der Waals surface area contributed by atoms with E-state index in [1.54, 1.807) is 24.7 Å². The molecule has 0 unspecified atom stereocenters. The summed E-state index contributed by atoms with van der Waals surface area (Å²) in [5, 5.41) is 9.62. The number of carbonyl (C=O) groups is 1. The molecule has 22 heavy (non-hydrogen) atoms. The third-order valence-electron chi connectivity index (χ3n) is 3.08. The van der Waals surface area contributed by atoms with Gasteiger partial charge in [0.1, 0.15) is 0 Å². The van der Waals surface area contributed by atoms with E-state index in [2.05, 4.69) is 20.5 Å². The zero-order chi connectivity index (χ0) is 15.2. The van der Waals surface area contributed by atoms with E-state index < -0.39 is 0 Å². The van der Waals surface area contributed by atoms with Gasteiger partial charge in [0, 0.05) is 30.4 Å². The molecule has 3 aromatic rings. The molecule has 0 bridgehead atoms. The molecule has 0 aliphatic carbocycles. The average Bonchev–Trinajstić information content (AvgIpc) is 3.09. The molecule has 2 aromatic heterocycles. The van der Waals surface area contributed by atoms with Gasteiger partial charge in [-0.25, -0.2) is 0 Å². The van der Waals surface area contributed by atoms with Crippen molar-refractivity contribution in [3.05, 3.63) is 72.7 Å². The average molecular weight is 290 g/mol. The molecule has 0 radical (unpaired) electrons. The third kappa shape index (κ3) is 3.46. The summed E-state index contributed by atoms with van der Waals surface area (Å²) in [6.45, 7) is 0. The van der Waals surface area contributed by atoms with Crippen LogP contribution in [-0.4, -0.2) is 21.1 Å². The summed E-state index contributed by atoms with van der Waals surface area (Å²) in [4.78, 5) is 15.9. The number of aromatic amines is 1.